The van der Waals surface area contributed by atoms with Gasteiger partial charge in [-0.1, -0.05) is 0 Å². The van der Waals surface area contributed by atoms with Crippen molar-refractivity contribution in [1.29, 1.82) is 0 Å². The summed E-state index contributed by atoms with van der Waals surface area (Å²) >= 11 is 0. The highest BCUT2D eigenvalue weighted by Crippen LogP contribution is 2.21. The lowest BCUT2D eigenvalue weighted by molar-refractivity contribution is -0.141. The molecule has 2 aromatic rings. The Morgan fingerprint density at radius 3 is 2.72 bits per heavy atom. The van der Waals surface area contributed by atoms with Crippen molar-refractivity contribution in [1.82, 2.24) is 4.57 Å². The van der Waals surface area contributed by atoms with Crippen LogP contribution in [-0.4, -0.2) is 28.7 Å². The van der Waals surface area contributed by atoms with E-state index in [4.69, 9.17) is 5.11 Å². The lowest BCUT2D eigenvalue weighted by atomic mass is 10.1. The van der Waals surface area contributed by atoms with Crippen molar-refractivity contribution in [2.75, 3.05) is 7.11 Å². The van der Waals surface area contributed by atoms with Gasteiger partial charge in [-0.15, -0.1) is 0 Å². The van der Waals surface area contributed by atoms with E-state index in [1.165, 1.54) is 7.11 Å². The van der Waals surface area contributed by atoms with Crippen LogP contribution in [0.15, 0.2) is 24.4 Å². The number of carbonyl (C=O) groups is 2. The molecule has 1 aromatic carbocycles. The Balaban J connectivity index is 2.54. The second kappa shape index (κ2) is 4.52. The van der Waals surface area contributed by atoms with Gasteiger partial charge in [-0.3, -0.25) is 4.79 Å². The minimum absolute atomic E-state index is 0.0715. The highest BCUT2D eigenvalue weighted by atomic mass is 16.5. The molecule has 94 valence electrons. The highest BCUT2D eigenvalue weighted by molar-refractivity contribution is 5.95. The first-order valence-corrected chi connectivity index (χ1v) is 5.42. The molecule has 0 radical (unpaired) electrons. The third-order valence-corrected chi connectivity index (χ3v) is 2.87. The minimum atomic E-state index is -0.972. The molecule has 1 aromatic heterocycles. The predicted octanol–water partition coefficient (Wildman–Crippen LogP) is 1.82. The number of aromatic carboxylic acids is 1. The molecule has 5 heteroatoms. The van der Waals surface area contributed by atoms with E-state index < -0.39 is 5.97 Å². The first kappa shape index (κ1) is 12.2. The maximum Gasteiger partial charge on any atom is 0.336 e. The number of hydrogen-bond donors (Lipinski definition) is 1. The molecule has 0 fully saturated rings. The Morgan fingerprint density at radius 2 is 2.11 bits per heavy atom. The Bertz CT molecular complexity index is 627. The molecule has 0 saturated heterocycles. The zero-order chi connectivity index (χ0) is 13.3. The lowest BCUT2D eigenvalue weighted by Gasteiger charge is -2.06. The van der Waals surface area contributed by atoms with Gasteiger partial charge < -0.3 is 14.4 Å². The van der Waals surface area contributed by atoms with E-state index in [-0.39, 0.29) is 18.1 Å². The van der Waals surface area contributed by atoms with Crippen molar-refractivity contribution in [3.05, 3.63) is 35.5 Å². The zero-order valence-electron chi connectivity index (χ0n) is 10.1. The average Bonchev–Trinajstić information content (AvgIpc) is 2.70. The van der Waals surface area contributed by atoms with Crippen LogP contribution in [0, 0.1) is 6.92 Å². The average molecular weight is 247 g/mol. The molecule has 0 aliphatic carbocycles. The fraction of sp³-hybridized carbons (Fsp3) is 0.231. The van der Waals surface area contributed by atoms with Crippen molar-refractivity contribution in [3.63, 3.8) is 0 Å². The first-order chi connectivity index (χ1) is 8.52. The summed E-state index contributed by atoms with van der Waals surface area (Å²) in [5.41, 5.74) is 1.65. The molecule has 0 amide bonds. The molecule has 0 aliphatic rings. The van der Waals surface area contributed by atoms with Crippen LogP contribution in [0.1, 0.15) is 15.9 Å². The van der Waals surface area contributed by atoms with Gasteiger partial charge in [-0.05, 0) is 36.1 Å². The normalized spacial score (nSPS) is 10.6. The molecule has 1 N–H and O–H groups in total. The van der Waals surface area contributed by atoms with Crippen LogP contribution in [0.2, 0.25) is 0 Å². The summed E-state index contributed by atoms with van der Waals surface area (Å²) in [4.78, 5) is 22.3. The van der Waals surface area contributed by atoms with Gasteiger partial charge in [-0.2, -0.15) is 0 Å². The standard InChI is InChI=1S/C13H13NO4/c1-8-5-9-3-4-14(7-12(15)18-2)11(9)6-10(8)13(16)17/h3-6H,7H2,1-2H3,(H,16,17). The van der Waals surface area contributed by atoms with Crippen LogP contribution in [0.5, 0.6) is 0 Å². The van der Waals surface area contributed by atoms with E-state index >= 15 is 0 Å². The second-order valence-electron chi connectivity index (χ2n) is 4.05. The van der Waals surface area contributed by atoms with Crippen LogP contribution >= 0.6 is 0 Å². The summed E-state index contributed by atoms with van der Waals surface area (Å²) < 4.78 is 6.27. The van der Waals surface area contributed by atoms with Crippen LogP contribution in [0.3, 0.4) is 0 Å². The molecule has 2 rings (SSSR count). The molecule has 0 atom stereocenters. The van der Waals surface area contributed by atoms with E-state index in [0.717, 1.165) is 5.39 Å². The Labute approximate surface area is 104 Å². The van der Waals surface area contributed by atoms with E-state index in [1.807, 2.05) is 6.07 Å². The second-order valence-corrected chi connectivity index (χ2v) is 4.05. The Morgan fingerprint density at radius 1 is 1.39 bits per heavy atom. The number of methoxy groups -OCH3 is 1. The van der Waals surface area contributed by atoms with Crippen LogP contribution in [-0.2, 0) is 16.1 Å². The molecule has 1 heterocycles. The number of ether oxygens (including phenoxy) is 1. The summed E-state index contributed by atoms with van der Waals surface area (Å²) in [5, 5.41) is 9.98. The van der Waals surface area contributed by atoms with Gasteiger partial charge in [-0.25, -0.2) is 4.79 Å². The maximum atomic E-state index is 11.2. The van der Waals surface area contributed by atoms with Crippen molar-refractivity contribution in [2.45, 2.75) is 13.5 Å². The third-order valence-electron chi connectivity index (χ3n) is 2.87. The summed E-state index contributed by atoms with van der Waals surface area (Å²) in [5.74, 6) is -1.34. The molecule has 0 bridgehead atoms. The number of hydrogen-bond acceptors (Lipinski definition) is 3. The van der Waals surface area contributed by atoms with E-state index in [2.05, 4.69) is 4.74 Å². The van der Waals surface area contributed by atoms with Crippen LogP contribution in [0.25, 0.3) is 10.9 Å². The van der Waals surface area contributed by atoms with E-state index in [9.17, 15) is 9.59 Å². The van der Waals surface area contributed by atoms with Crippen LogP contribution < -0.4 is 0 Å². The van der Waals surface area contributed by atoms with Crippen molar-refractivity contribution in [3.8, 4) is 0 Å². The van der Waals surface area contributed by atoms with Gasteiger partial charge >= 0.3 is 11.9 Å². The van der Waals surface area contributed by atoms with Gasteiger partial charge in [0.15, 0.2) is 0 Å². The van der Waals surface area contributed by atoms with Gasteiger partial charge in [0, 0.05) is 11.7 Å². The minimum Gasteiger partial charge on any atom is -0.478 e. The Kier molecular flexibility index (Phi) is 3.06. The molecule has 0 saturated carbocycles. The topological polar surface area (TPSA) is 68.5 Å². The Hall–Kier alpha value is -2.30. The molecule has 5 nitrogen and oxygen atoms in total. The SMILES string of the molecule is COC(=O)Cn1ccc2cc(C)c(C(=O)O)cc21. The van der Waals surface area contributed by atoms with Gasteiger partial charge in [0.25, 0.3) is 0 Å². The van der Waals surface area contributed by atoms with Gasteiger partial charge in [0.1, 0.15) is 6.54 Å². The smallest absolute Gasteiger partial charge is 0.336 e. The van der Waals surface area contributed by atoms with E-state index in [1.54, 1.807) is 29.8 Å². The number of nitrogens with zero attached hydrogens (tertiary/aromatic N) is 1. The predicted molar refractivity (Wildman–Crippen MR) is 65.7 cm³/mol. The number of aryl methyl sites for hydroxylation is 1. The fourth-order valence-corrected chi connectivity index (χ4v) is 1.92. The molecule has 0 spiro atoms. The molecular formula is C13H13NO4. The number of fused-ring (bicyclic) bond motifs is 1. The monoisotopic (exact) mass is 247 g/mol. The quantitative estimate of drug-likeness (QED) is 0.840. The summed E-state index contributed by atoms with van der Waals surface area (Å²) in [6.07, 6.45) is 1.74. The number of aromatic nitrogens is 1. The largest absolute Gasteiger partial charge is 0.478 e. The lowest BCUT2D eigenvalue weighted by Crippen LogP contribution is -2.10. The number of esters is 1. The van der Waals surface area contributed by atoms with Gasteiger partial charge in [0.2, 0.25) is 0 Å². The van der Waals surface area contributed by atoms with Crippen molar-refractivity contribution >= 4 is 22.8 Å². The van der Waals surface area contributed by atoms with Crippen molar-refractivity contribution in [2.24, 2.45) is 0 Å². The maximum absolute atomic E-state index is 11.2. The summed E-state index contributed by atoms with van der Waals surface area (Å²) in [6, 6.07) is 5.22. The molecule has 0 aliphatic heterocycles. The number of carbonyl (C=O) groups excluding carboxylic acids is 1. The third kappa shape index (κ3) is 2.07. The highest BCUT2D eigenvalue weighted by Gasteiger charge is 2.12. The number of carboxylic acids is 1. The first-order valence-electron chi connectivity index (χ1n) is 5.42. The number of carboxylic acid groups (broad SMARTS) is 1. The molecular weight excluding hydrogens is 234 g/mol. The molecule has 0 unspecified atom stereocenters. The number of benzene rings is 1. The van der Waals surface area contributed by atoms with E-state index in [0.29, 0.717) is 11.1 Å². The van der Waals surface area contributed by atoms with Crippen LogP contribution in [0.4, 0.5) is 0 Å². The summed E-state index contributed by atoms with van der Waals surface area (Å²) in [7, 11) is 1.32. The fourth-order valence-electron chi connectivity index (χ4n) is 1.92. The summed E-state index contributed by atoms with van der Waals surface area (Å²) in [6.45, 7) is 1.82. The molecule has 18 heavy (non-hydrogen) atoms. The number of rotatable bonds is 3. The zero-order valence-corrected chi connectivity index (χ0v) is 10.1. The van der Waals surface area contributed by atoms with Gasteiger partial charge in [0.05, 0.1) is 12.7 Å². The van der Waals surface area contributed by atoms with Crippen molar-refractivity contribution < 1.29 is 19.4 Å².